The van der Waals surface area contributed by atoms with Crippen molar-refractivity contribution in [2.24, 2.45) is 5.92 Å². The molecule has 0 radical (unpaired) electrons. The summed E-state index contributed by atoms with van der Waals surface area (Å²) in [6.45, 7) is 1.94. The van der Waals surface area contributed by atoms with E-state index < -0.39 is 0 Å². The number of anilines is 1. The van der Waals surface area contributed by atoms with Crippen LogP contribution in [0, 0.1) is 12.8 Å². The lowest BCUT2D eigenvalue weighted by Gasteiger charge is -2.19. The van der Waals surface area contributed by atoms with Crippen LogP contribution in [0.4, 0.5) is 5.69 Å². The van der Waals surface area contributed by atoms with E-state index >= 15 is 0 Å². The van der Waals surface area contributed by atoms with Crippen molar-refractivity contribution in [3.8, 4) is 0 Å². The Morgan fingerprint density at radius 1 is 1.47 bits per heavy atom. The van der Waals surface area contributed by atoms with Crippen molar-refractivity contribution < 1.29 is 4.79 Å². The zero-order valence-corrected chi connectivity index (χ0v) is 9.94. The topological polar surface area (TPSA) is 54.0 Å². The van der Waals surface area contributed by atoms with E-state index in [1.807, 2.05) is 19.1 Å². The second-order valence-electron chi connectivity index (χ2n) is 5.07. The van der Waals surface area contributed by atoms with Gasteiger partial charge in [-0.05, 0) is 38.3 Å². The number of hydrogen-bond acceptors (Lipinski definition) is 3. The Kier molecular flexibility index (Phi) is 2.59. The van der Waals surface area contributed by atoms with Gasteiger partial charge >= 0.3 is 0 Å². The summed E-state index contributed by atoms with van der Waals surface area (Å²) in [5.74, 6) is 0.269. The van der Waals surface area contributed by atoms with Crippen molar-refractivity contribution in [1.82, 2.24) is 10.3 Å². The summed E-state index contributed by atoms with van der Waals surface area (Å²) < 4.78 is 0. The summed E-state index contributed by atoms with van der Waals surface area (Å²) in [7, 11) is 0. The average Bonchev–Trinajstić information content (AvgIpc) is 2.94. The molecule has 2 aliphatic heterocycles. The minimum absolute atomic E-state index is 0.134. The second kappa shape index (κ2) is 4.11. The Morgan fingerprint density at radius 2 is 2.35 bits per heavy atom. The molecule has 1 amide bonds. The van der Waals surface area contributed by atoms with Gasteiger partial charge in [0.05, 0.1) is 17.8 Å². The van der Waals surface area contributed by atoms with Gasteiger partial charge in [-0.25, -0.2) is 0 Å². The third-order valence-corrected chi connectivity index (χ3v) is 3.82. The van der Waals surface area contributed by atoms with Crippen LogP contribution in [0.25, 0.3) is 0 Å². The number of carbonyl (C=O) groups is 1. The maximum absolute atomic E-state index is 12.1. The highest BCUT2D eigenvalue weighted by Crippen LogP contribution is 2.33. The smallest absolute Gasteiger partial charge is 0.229 e. The van der Waals surface area contributed by atoms with Crippen molar-refractivity contribution >= 4 is 11.6 Å². The van der Waals surface area contributed by atoms with Gasteiger partial charge in [0, 0.05) is 17.8 Å². The number of amides is 1. The number of rotatable bonds is 2. The molecule has 1 aromatic heterocycles. The Labute approximate surface area is 101 Å². The first-order valence-electron chi connectivity index (χ1n) is 6.22. The normalized spacial score (nSPS) is 30.5. The van der Waals surface area contributed by atoms with E-state index in [0.717, 1.165) is 24.2 Å². The van der Waals surface area contributed by atoms with Crippen molar-refractivity contribution in [2.45, 2.75) is 38.3 Å². The number of carbonyl (C=O) groups excluding carboxylic acids is 1. The fraction of sp³-hybridized carbons (Fsp3) is 0.538. The first kappa shape index (κ1) is 10.7. The summed E-state index contributed by atoms with van der Waals surface area (Å²) in [5.41, 5.74) is 1.76. The molecule has 2 saturated heterocycles. The molecule has 3 heterocycles. The predicted octanol–water partition coefficient (Wildman–Crippen LogP) is 1.47. The third-order valence-electron chi connectivity index (χ3n) is 3.82. The van der Waals surface area contributed by atoms with Gasteiger partial charge in [-0.1, -0.05) is 0 Å². The molecule has 3 atom stereocenters. The summed E-state index contributed by atoms with van der Waals surface area (Å²) in [6.07, 6.45) is 5.05. The van der Waals surface area contributed by atoms with Crippen LogP contribution in [0.2, 0.25) is 0 Å². The summed E-state index contributed by atoms with van der Waals surface area (Å²) >= 11 is 0. The lowest BCUT2D eigenvalue weighted by Crippen LogP contribution is -2.32. The molecule has 1 aromatic rings. The molecule has 2 fully saturated rings. The highest BCUT2D eigenvalue weighted by Gasteiger charge is 2.42. The zero-order chi connectivity index (χ0) is 11.8. The van der Waals surface area contributed by atoms with Gasteiger partial charge in [-0.15, -0.1) is 0 Å². The van der Waals surface area contributed by atoms with Gasteiger partial charge in [0.25, 0.3) is 0 Å². The zero-order valence-electron chi connectivity index (χ0n) is 9.94. The number of pyridine rings is 1. The van der Waals surface area contributed by atoms with E-state index in [4.69, 9.17) is 0 Å². The minimum Gasteiger partial charge on any atom is -0.324 e. The molecular formula is C13H17N3O. The van der Waals surface area contributed by atoms with Gasteiger partial charge in [0.1, 0.15) is 0 Å². The number of aryl methyl sites for hydroxylation is 1. The molecule has 4 heteroatoms. The van der Waals surface area contributed by atoms with Crippen molar-refractivity contribution in [1.29, 1.82) is 0 Å². The highest BCUT2D eigenvalue weighted by molar-refractivity contribution is 5.93. The van der Waals surface area contributed by atoms with Gasteiger partial charge in [0.15, 0.2) is 0 Å². The molecule has 0 saturated carbocycles. The first-order chi connectivity index (χ1) is 8.22. The van der Waals surface area contributed by atoms with Crippen molar-refractivity contribution in [3.05, 3.63) is 24.0 Å². The van der Waals surface area contributed by atoms with Crippen LogP contribution in [-0.4, -0.2) is 23.0 Å². The van der Waals surface area contributed by atoms with E-state index in [1.54, 1.807) is 6.20 Å². The largest absolute Gasteiger partial charge is 0.324 e. The monoisotopic (exact) mass is 231 g/mol. The van der Waals surface area contributed by atoms with Crippen LogP contribution in [0.5, 0.6) is 0 Å². The average molecular weight is 231 g/mol. The highest BCUT2D eigenvalue weighted by atomic mass is 16.2. The van der Waals surface area contributed by atoms with Crippen molar-refractivity contribution in [2.75, 3.05) is 5.32 Å². The maximum atomic E-state index is 12.1. The molecule has 0 spiro atoms. The Hall–Kier alpha value is -1.42. The number of fused-ring (bicyclic) bond motifs is 2. The number of aromatic nitrogens is 1. The molecule has 2 aliphatic rings. The number of nitrogens with one attached hydrogen (secondary N) is 2. The van der Waals surface area contributed by atoms with Crippen LogP contribution in [0.1, 0.15) is 25.0 Å². The predicted molar refractivity (Wildman–Crippen MR) is 65.7 cm³/mol. The van der Waals surface area contributed by atoms with Gasteiger partial charge < -0.3 is 10.6 Å². The van der Waals surface area contributed by atoms with Crippen LogP contribution < -0.4 is 10.6 Å². The van der Waals surface area contributed by atoms with Crippen LogP contribution in [0.3, 0.4) is 0 Å². The molecule has 3 rings (SSSR count). The fourth-order valence-corrected chi connectivity index (χ4v) is 2.89. The SMILES string of the molecule is Cc1ccc(NC(=O)C2CC3CCC2N3)cn1. The molecular weight excluding hydrogens is 214 g/mol. The summed E-state index contributed by atoms with van der Waals surface area (Å²) in [4.78, 5) is 16.3. The van der Waals surface area contributed by atoms with Gasteiger partial charge in [-0.2, -0.15) is 0 Å². The summed E-state index contributed by atoms with van der Waals surface area (Å²) in [5, 5.41) is 6.43. The van der Waals surface area contributed by atoms with E-state index in [-0.39, 0.29) is 11.8 Å². The van der Waals surface area contributed by atoms with E-state index in [0.29, 0.717) is 12.1 Å². The minimum atomic E-state index is 0.134. The quantitative estimate of drug-likeness (QED) is 0.810. The molecule has 3 unspecified atom stereocenters. The van der Waals surface area contributed by atoms with Gasteiger partial charge in [0.2, 0.25) is 5.91 Å². The van der Waals surface area contributed by atoms with Crippen LogP contribution >= 0.6 is 0 Å². The molecule has 4 nitrogen and oxygen atoms in total. The molecule has 0 aliphatic carbocycles. The summed E-state index contributed by atoms with van der Waals surface area (Å²) in [6, 6.07) is 4.76. The molecule has 2 bridgehead atoms. The second-order valence-corrected chi connectivity index (χ2v) is 5.07. The lowest BCUT2D eigenvalue weighted by atomic mass is 9.88. The Morgan fingerprint density at radius 3 is 2.94 bits per heavy atom. The number of nitrogens with zero attached hydrogens (tertiary/aromatic N) is 1. The Balaban J connectivity index is 1.65. The molecule has 2 N–H and O–H groups in total. The third kappa shape index (κ3) is 2.05. The van der Waals surface area contributed by atoms with E-state index in [2.05, 4.69) is 15.6 Å². The van der Waals surface area contributed by atoms with Crippen molar-refractivity contribution in [3.63, 3.8) is 0 Å². The molecule has 0 aromatic carbocycles. The fourth-order valence-electron chi connectivity index (χ4n) is 2.89. The van der Waals surface area contributed by atoms with Gasteiger partial charge in [-0.3, -0.25) is 9.78 Å². The maximum Gasteiger partial charge on any atom is 0.229 e. The first-order valence-corrected chi connectivity index (χ1v) is 6.22. The Bertz CT molecular complexity index is 429. The van der Waals surface area contributed by atoms with Crippen LogP contribution in [-0.2, 0) is 4.79 Å². The number of hydrogen-bond donors (Lipinski definition) is 2. The van der Waals surface area contributed by atoms with E-state index in [1.165, 1.54) is 6.42 Å². The lowest BCUT2D eigenvalue weighted by molar-refractivity contribution is -0.120. The van der Waals surface area contributed by atoms with Crippen LogP contribution in [0.15, 0.2) is 18.3 Å². The standard InChI is InChI=1S/C13H17N3O/c1-8-2-3-10(7-14-8)16-13(17)11-6-9-4-5-12(11)15-9/h2-3,7,9,11-12,15H,4-6H2,1H3,(H,16,17). The molecule has 90 valence electrons. The van der Waals surface area contributed by atoms with E-state index in [9.17, 15) is 4.79 Å². The molecule has 17 heavy (non-hydrogen) atoms.